The molecular weight excluding hydrogens is 290 g/mol. The van der Waals surface area contributed by atoms with Gasteiger partial charge in [0.25, 0.3) is 0 Å². The molecule has 0 spiro atoms. The van der Waals surface area contributed by atoms with Crippen LogP contribution < -0.4 is 10.6 Å². The number of nitrogens with one attached hydrogen (secondary N) is 2. The standard InChI is InChI=1S/C18H23N3O2/c22-17(20-15-8-9-15)13-16-18(23)19-10-12-21(16)11-4-7-14-5-2-1-3-6-14/h1-7,15-16H,8-13H2,(H,19,23)(H,20,22)/b7-4+/t16-/m0/s1. The van der Waals surface area contributed by atoms with Gasteiger partial charge in [0.1, 0.15) is 0 Å². The molecule has 5 nitrogen and oxygen atoms in total. The lowest BCUT2D eigenvalue weighted by molar-refractivity contribution is -0.133. The van der Waals surface area contributed by atoms with Crippen molar-refractivity contribution in [2.75, 3.05) is 19.6 Å². The van der Waals surface area contributed by atoms with Gasteiger partial charge < -0.3 is 10.6 Å². The number of carbonyl (C=O) groups is 2. The normalized spacial score (nSPS) is 22.1. The summed E-state index contributed by atoms with van der Waals surface area (Å²) in [6, 6.07) is 10.0. The van der Waals surface area contributed by atoms with E-state index >= 15 is 0 Å². The van der Waals surface area contributed by atoms with Gasteiger partial charge in [-0.2, -0.15) is 0 Å². The maximum Gasteiger partial charge on any atom is 0.237 e. The molecule has 2 amide bonds. The van der Waals surface area contributed by atoms with Crippen LogP contribution in [0.3, 0.4) is 0 Å². The summed E-state index contributed by atoms with van der Waals surface area (Å²) in [7, 11) is 0. The van der Waals surface area contributed by atoms with E-state index in [9.17, 15) is 9.59 Å². The van der Waals surface area contributed by atoms with Crippen molar-refractivity contribution >= 4 is 17.9 Å². The van der Waals surface area contributed by atoms with Gasteiger partial charge in [-0.3, -0.25) is 14.5 Å². The van der Waals surface area contributed by atoms with E-state index in [-0.39, 0.29) is 24.3 Å². The number of hydrogen-bond acceptors (Lipinski definition) is 3. The van der Waals surface area contributed by atoms with Crippen LogP contribution in [0.4, 0.5) is 0 Å². The summed E-state index contributed by atoms with van der Waals surface area (Å²) in [5, 5.41) is 5.82. The Balaban J connectivity index is 1.57. The number of rotatable bonds is 6. The first-order valence-electron chi connectivity index (χ1n) is 8.25. The van der Waals surface area contributed by atoms with Crippen molar-refractivity contribution in [2.24, 2.45) is 0 Å². The first-order valence-corrected chi connectivity index (χ1v) is 8.25. The van der Waals surface area contributed by atoms with Crippen LogP contribution in [-0.2, 0) is 9.59 Å². The molecule has 0 unspecified atom stereocenters. The van der Waals surface area contributed by atoms with Crippen LogP contribution in [0.5, 0.6) is 0 Å². The number of benzene rings is 1. The maximum atomic E-state index is 12.1. The van der Waals surface area contributed by atoms with Crippen molar-refractivity contribution in [3.8, 4) is 0 Å². The van der Waals surface area contributed by atoms with Crippen molar-refractivity contribution in [3.63, 3.8) is 0 Å². The molecule has 1 saturated carbocycles. The minimum atomic E-state index is -0.372. The first kappa shape index (κ1) is 15.7. The molecule has 0 radical (unpaired) electrons. The monoisotopic (exact) mass is 313 g/mol. The number of nitrogens with zero attached hydrogens (tertiary/aromatic N) is 1. The van der Waals surface area contributed by atoms with E-state index < -0.39 is 0 Å². The van der Waals surface area contributed by atoms with Crippen LogP contribution in [0.2, 0.25) is 0 Å². The Bertz CT molecular complexity index is 581. The highest BCUT2D eigenvalue weighted by Crippen LogP contribution is 2.19. The molecule has 5 heteroatoms. The molecule has 3 rings (SSSR count). The highest BCUT2D eigenvalue weighted by molar-refractivity contribution is 5.89. The molecule has 0 aromatic heterocycles. The second-order valence-corrected chi connectivity index (χ2v) is 6.16. The summed E-state index contributed by atoms with van der Waals surface area (Å²) in [6.45, 7) is 2.08. The molecule has 0 bridgehead atoms. The lowest BCUT2D eigenvalue weighted by Crippen LogP contribution is -2.56. The third kappa shape index (κ3) is 4.66. The Morgan fingerprint density at radius 2 is 2.09 bits per heavy atom. The Hall–Kier alpha value is -2.14. The summed E-state index contributed by atoms with van der Waals surface area (Å²) in [6.07, 6.45) is 6.47. The Morgan fingerprint density at radius 1 is 1.30 bits per heavy atom. The van der Waals surface area contributed by atoms with Gasteiger partial charge in [-0.05, 0) is 18.4 Å². The van der Waals surface area contributed by atoms with Crippen LogP contribution in [0.25, 0.3) is 6.08 Å². The summed E-state index contributed by atoms with van der Waals surface area (Å²) >= 11 is 0. The Kier molecular flexibility index (Phi) is 5.08. The molecule has 1 atom stereocenters. The molecule has 1 aliphatic heterocycles. The van der Waals surface area contributed by atoms with Crippen molar-refractivity contribution in [1.82, 2.24) is 15.5 Å². The number of carbonyl (C=O) groups excluding carboxylic acids is 2. The second kappa shape index (κ2) is 7.42. The van der Waals surface area contributed by atoms with E-state index in [1.165, 1.54) is 0 Å². The van der Waals surface area contributed by atoms with Gasteiger partial charge in [0.2, 0.25) is 11.8 Å². The van der Waals surface area contributed by atoms with Crippen LogP contribution >= 0.6 is 0 Å². The minimum Gasteiger partial charge on any atom is -0.353 e. The van der Waals surface area contributed by atoms with Crippen LogP contribution in [0.1, 0.15) is 24.8 Å². The summed E-state index contributed by atoms with van der Waals surface area (Å²) < 4.78 is 0. The largest absolute Gasteiger partial charge is 0.353 e. The van der Waals surface area contributed by atoms with E-state index in [0.717, 1.165) is 24.9 Å². The smallest absolute Gasteiger partial charge is 0.237 e. The van der Waals surface area contributed by atoms with Gasteiger partial charge in [0.15, 0.2) is 0 Å². The van der Waals surface area contributed by atoms with Crippen molar-refractivity contribution in [3.05, 3.63) is 42.0 Å². The van der Waals surface area contributed by atoms with Crippen LogP contribution in [-0.4, -0.2) is 48.4 Å². The average molecular weight is 313 g/mol. The van der Waals surface area contributed by atoms with E-state index in [2.05, 4.69) is 21.6 Å². The van der Waals surface area contributed by atoms with Gasteiger partial charge in [-0.15, -0.1) is 0 Å². The predicted octanol–water partition coefficient (Wildman–Crippen LogP) is 1.17. The first-order chi connectivity index (χ1) is 11.2. The molecule has 2 fully saturated rings. The quantitative estimate of drug-likeness (QED) is 0.829. The molecular formula is C18H23N3O2. The fourth-order valence-corrected chi connectivity index (χ4v) is 2.78. The Morgan fingerprint density at radius 3 is 2.83 bits per heavy atom. The van der Waals surface area contributed by atoms with E-state index in [0.29, 0.717) is 19.1 Å². The van der Waals surface area contributed by atoms with Gasteiger partial charge >= 0.3 is 0 Å². The number of amides is 2. The minimum absolute atomic E-state index is 0.0217. The molecule has 1 saturated heterocycles. The van der Waals surface area contributed by atoms with Crippen molar-refractivity contribution < 1.29 is 9.59 Å². The fraction of sp³-hybridized carbons (Fsp3) is 0.444. The van der Waals surface area contributed by atoms with Crippen molar-refractivity contribution in [1.29, 1.82) is 0 Å². The highest BCUT2D eigenvalue weighted by atomic mass is 16.2. The van der Waals surface area contributed by atoms with Crippen molar-refractivity contribution in [2.45, 2.75) is 31.3 Å². The highest BCUT2D eigenvalue weighted by Gasteiger charge is 2.32. The maximum absolute atomic E-state index is 12.1. The zero-order valence-electron chi connectivity index (χ0n) is 13.2. The lowest BCUT2D eigenvalue weighted by atomic mass is 10.1. The SMILES string of the molecule is O=C(C[C@H]1C(=O)NCCN1C/C=C/c1ccccc1)NC1CC1. The van der Waals surface area contributed by atoms with Gasteiger partial charge in [0.05, 0.1) is 12.5 Å². The summed E-state index contributed by atoms with van der Waals surface area (Å²) in [4.78, 5) is 26.2. The molecule has 1 heterocycles. The van der Waals surface area contributed by atoms with Gasteiger partial charge in [0, 0.05) is 25.7 Å². The fourth-order valence-electron chi connectivity index (χ4n) is 2.78. The van der Waals surface area contributed by atoms with E-state index in [4.69, 9.17) is 0 Å². The second-order valence-electron chi connectivity index (χ2n) is 6.16. The third-order valence-electron chi connectivity index (χ3n) is 4.21. The van der Waals surface area contributed by atoms with Crippen LogP contribution in [0, 0.1) is 0 Å². The van der Waals surface area contributed by atoms with Gasteiger partial charge in [-0.1, -0.05) is 42.5 Å². The Labute approximate surface area is 136 Å². The molecule has 1 aromatic rings. The van der Waals surface area contributed by atoms with E-state index in [1.807, 2.05) is 36.4 Å². The molecule has 1 aliphatic carbocycles. The lowest BCUT2D eigenvalue weighted by Gasteiger charge is -2.33. The molecule has 23 heavy (non-hydrogen) atoms. The molecule has 1 aromatic carbocycles. The van der Waals surface area contributed by atoms with E-state index in [1.54, 1.807) is 0 Å². The predicted molar refractivity (Wildman–Crippen MR) is 89.6 cm³/mol. The topological polar surface area (TPSA) is 61.4 Å². The average Bonchev–Trinajstić information content (AvgIpc) is 3.35. The molecule has 122 valence electrons. The summed E-state index contributed by atoms with van der Waals surface area (Å²) in [5.41, 5.74) is 1.14. The number of hydrogen-bond donors (Lipinski definition) is 2. The molecule has 2 N–H and O–H groups in total. The third-order valence-corrected chi connectivity index (χ3v) is 4.21. The zero-order chi connectivity index (χ0) is 16.1. The molecule has 2 aliphatic rings. The number of piperazine rings is 1. The van der Waals surface area contributed by atoms with Crippen LogP contribution in [0.15, 0.2) is 36.4 Å². The van der Waals surface area contributed by atoms with Gasteiger partial charge in [-0.25, -0.2) is 0 Å². The zero-order valence-corrected chi connectivity index (χ0v) is 13.2. The summed E-state index contributed by atoms with van der Waals surface area (Å²) in [5.74, 6) is -0.0677.